The van der Waals surface area contributed by atoms with Gasteiger partial charge in [-0.2, -0.15) is 0 Å². The third-order valence-corrected chi connectivity index (χ3v) is 5.75. The van der Waals surface area contributed by atoms with Crippen LogP contribution in [0.15, 0.2) is 48.5 Å². The number of ketones is 4. The molecule has 0 saturated carbocycles. The molecule has 2 fully saturated rings. The molecule has 0 bridgehead atoms. The normalized spacial score (nSPS) is 23.9. The number of hydrogen-bond acceptors (Lipinski definition) is 10. The molecule has 2 aliphatic rings. The molecule has 2 aliphatic heterocycles. The van der Waals surface area contributed by atoms with Crippen LogP contribution in [0.4, 0.5) is 0 Å². The number of ether oxygens (including phenoxy) is 4. The molecule has 10 heteroatoms. The molecule has 0 N–H and O–H groups in total. The van der Waals surface area contributed by atoms with Crippen LogP contribution in [0, 0.1) is 11.8 Å². The predicted octanol–water partition coefficient (Wildman–Crippen LogP) is 0.991. The lowest BCUT2D eigenvalue weighted by Crippen LogP contribution is -2.44. The van der Waals surface area contributed by atoms with E-state index in [4.69, 9.17) is 18.9 Å². The number of esters is 2. The molecule has 2 heterocycles. The molecule has 2 aromatic rings. The van der Waals surface area contributed by atoms with Gasteiger partial charge < -0.3 is 18.9 Å². The fraction of sp³-hybridized carbons (Fsp3) is 0.250. The number of carbonyl (C=O) groups is 6. The van der Waals surface area contributed by atoms with E-state index in [1.807, 2.05) is 0 Å². The highest BCUT2D eigenvalue weighted by molar-refractivity contribution is 6.43. The molecule has 0 spiro atoms. The van der Waals surface area contributed by atoms with Crippen LogP contribution in [0.2, 0.25) is 0 Å². The van der Waals surface area contributed by atoms with Crippen LogP contribution in [0.1, 0.15) is 20.7 Å². The van der Waals surface area contributed by atoms with Gasteiger partial charge in [0.05, 0.1) is 14.2 Å². The lowest BCUT2D eigenvalue weighted by Gasteiger charge is -2.24. The Balaban J connectivity index is 1.68. The zero-order chi connectivity index (χ0) is 24.6. The minimum atomic E-state index is -1.70. The Morgan fingerprint density at radius 2 is 0.941 bits per heavy atom. The number of Topliss-reactive ketones (excluding diaryl/α,β-unsaturated/α-hetero) is 4. The Hall–Kier alpha value is -4.34. The lowest BCUT2D eigenvalue weighted by molar-refractivity contribution is -0.157. The molecule has 34 heavy (non-hydrogen) atoms. The van der Waals surface area contributed by atoms with Gasteiger partial charge in [-0.15, -0.1) is 0 Å². The third kappa shape index (κ3) is 3.83. The fourth-order valence-electron chi connectivity index (χ4n) is 3.97. The summed E-state index contributed by atoms with van der Waals surface area (Å²) >= 11 is 0. The lowest BCUT2D eigenvalue weighted by atomic mass is 9.81. The SMILES string of the molecule is COc1ccc(C(=O)C2C(=O)C(=O)OC2C2OC(=O)C(=O)C2C(=O)c2ccc(OC)cc2)cc1. The van der Waals surface area contributed by atoms with Gasteiger partial charge in [0, 0.05) is 11.1 Å². The van der Waals surface area contributed by atoms with Crippen LogP contribution in [0.25, 0.3) is 0 Å². The number of cyclic esters (lactones) is 2. The van der Waals surface area contributed by atoms with Gasteiger partial charge in [0.25, 0.3) is 11.6 Å². The number of hydrogen-bond donors (Lipinski definition) is 0. The molecule has 0 amide bonds. The largest absolute Gasteiger partial charge is 0.497 e. The van der Waals surface area contributed by atoms with Crippen molar-refractivity contribution in [2.45, 2.75) is 12.2 Å². The summed E-state index contributed by atoms with van der Waals surface area (Å²) in [6.45, 7) is 0. The van der Waals surface area contributed by atoms with Crippen LogP contribution in [0.5, 0.6) is 11.5 Å². The van der Waals surface area contributed by atoms with E-state index in [-0.39, 0.29) is 11.1 Å². The molecule has 2 aromatic carbocycles. The molecule has 4 atom stereocenters. The van der Waals surface area contributed by atoms with Crippen LogP contribution in [-0.2, 0) is 28.7 Å². The maximum absolute atomic E-state index is 13.1. The summed E-state index contributed by atoms with van der Waals surface area (Å²) < 4.78 is 20.2. The monoisotopic (exact) mass is 466 g/mol. The van der Waals surface area contributed by atoms with E-state index in [9.17, 15) is 28.8 Å². The highest BCUT2D eigenvalue weighted by Gasteiger charge is 2.60. The van der Waals surface area contributed by atoms with Gasteiger partial charge in [-0.05, 0) is 48.5 Å². The van der Waals surface area contributed by atoms with Crippen LogP contribution < -0.4 is 9.47 Å². The van der Waals surface area contributed by atoms with Crippen molar-refractivity contribution in [3.8, 4) is 11.5 Å². The zero-order valence-corrected chi connectivity index (χ0v) is 18.0. The van der Waals surface area contributed by atoms with Gasteiger partial charge in [-0.25, -0.2) is 9.59 Å². The summed E-state index contributed by atoms with van der Waals surface area (Å²) in [4.78, 5) is 75.6. The molecule has 2 saturated heterocycles. The quantitative estimate of drug-likeness (QED) is 0.251. The first kappa shape index (κ1) is 22.8. The maximum atomic E-state index is 13.1. The van der Waals surface area contributed by atoms with Crippen molar-refractivity contribution >= 4 is 35.1 Å². The predicted molar refractivity (Wildman–Crippen MR) is 111 cm³/mol. The van der Waals surface area contributed by atoms with Gasteiger partial charge in [-0.1, -0.05) is 0 Å². The van der Waals surface area contributed by atoms with Gasteiger partial charge in [0.1, 0.15) is 23.3 Å². The Labute approximate surface area is 192 Å². The van der Waals surface area contributed by atoms with E-state index in [0.29, 0.717) is 11.5 Å². The van der Waals surface area contributed by atoms with Gasteiger partial charge >= 0.3 is 11.9 Å². The summed E-state index contributed by atoms with van der Waals surface area (Å²) in [6, 6.07) is 11.5. The highest BCUT2D eigenvalue weighted by atomic mass is 16.6. The molecule has 4 rings (SSSR count). The van der Waals surface area contributed by atoms with Crippen molar-refractivity contribution in [3.63, 3.8) is 0 Å². The van der Waals surface area contributed by atoms with Crippen LogP contribution in [0.3, 0.4) is 0 Å². The smallest absolute Gasteiger partial charge is 0.376 e. The molecule has 174 valence electrons. The molecular weight excluding hydrogens is 448 g/mol. The van der Waals surface area contributed by atoms with E-state index in [0.717, 1.165) is 0 Å². The Bertz CT molecular complexity index is 1100. The average molecular weight is 466 g/mol. The first-order chi connectivity index (χ1) is 16.3. The number of rotatable bonds is 7. The van der Waals surface area contributed by atoms with Gasteiger partial charge in [0.15, 0.2) is 23.8 Å². The van der Waals surface area contributed by atoms with E-state index in [2.05, 4.69) is 0 Å². The maximum Gasteiger partial charge on any atom is 0.376 e. The molecule has 4 unspecified atom stereocenters. The molecule has 10 nitrogen and oxygen atoms in total. The minimum absolute atomic E-state index is 0.0659. The number of carbonyl (C=O) groups excluding carboxylic acids is 6. The Morgan fingerprint density at radius 3 is 1.24 bits per heavy atom. The molecule has 0 radical (unpaired) electrons. The summed E-state index contributed by atoms with van der Waals surface area (Å²) in [7, 11) is 2.87. The number of methoxy groups -OCH3 is 2. The van der Waals surface area contributed by atoms with Gasteiger partial charge in [-0.3, -0.25) is 19.2 Å². The Morgan fingerprint density at radius 1 is 0.618 bits per heavy atom. The molecule has 0 aliphatic carbocycles. The topological polar surface area (TPSA) is 139 Å². The van der Waals surface area contributed by atoms with Crippen molar-refractivity contribution in [2.24, 2.45) is 11.8 Å². The second-order valence-corrected chi connectivity index (χ2v) is 7.61. The van der Waals surface area contributed by atoms with Gasteiger partial charge in [0.2, 0.25) is 0 Å². The minimum Gasteiger partial charge on any atom is -0.497 e. The van der Waals surface area contributed by atoms with Crippen molar-refractivity contribution < 1.29 is 47.7 Å². The fourth-order valence-corrected chi connectivity index (χ4v) is 3.97. The third-order valence-electron chi connectivity index (χ3n) is 5.75. The molecular formula is C24H18O10. The first-order valence-corrected chi connectivity index (χ1v) is 10.1. The van der Waals surface area contributed by atoms with E-state index in [1.165, 1.54) is 62.8 Å². The Kier molecular flexibility index (Phi) is 5.97. The summed E-state index contributed by atoms with van der Waals surface area (Å²) in [6.07, 6.45) is -3.28. The van der Waals surface area contributed by atoms with E-state index in [1.54, 1.807) is 0 Å². The van der Waals surface area contributed by atoms with Crippen molar-refractivity contribution in [1.29, 1.82) is 0 Å². The second kappa shape index (κ2) is 8.89. The summed E-state index contributed by atoms with van der Waals surface area (Å²) in [5, 5.41) is 0. The van der Waals surface area contributed by atoms with Crippen molar-refractivity contribution in [2.75, 3.05) is 14.2 Å². The van der Waals surface area contributed by atoms with E-state index < -0.39 is 59.1 Å². The average Bonchev–Trinajstić information content (AvgIpc) is 3.32. The standard InChI is InChI=1S/C24H18O10/c1-31-13-7-3-11(4-8-13)17(25)15-19(27)23(29)33-21(15)22-16(20(28)24(30)34-22)18(26)12-5-9-14(32-2)10-6-12/h3-10,15-16,21-22H,1-2H3. The summed E-state index contributed by atoms with van der Waals surface area (Å²) in [5.74, 6) is -8.99. The highest BCUT2D eigenvalue weighted by Crippen LogP contribution is 2.35. The summed E-state index contributed by atoms with van der Waals surface area (Å²) in [5.41, 5.74) is 0.132. The van der Waals surface area contributed by atoms with Crippen LogP contribution in [-0.4, -0.2) is 61.5 Å². The second-order valence-electron chi connectivity index (χ2n) is 7.61. The zero-order valence-electron chi connectivity index (χ0n) is 18.0. The van der Waals surface area contributed by atoms with Crippen molar-refractivity contribution in [3.05, 3.63) is 59.7 Å². The first-order valence-electron chi connectivity index (χ1n) is 10.1. The van der Waals surface area contributed by atoms with Crippen molar-refractivity contribution in [1.82, 2.24) is 0 Å². The van der Waals surface area contributed by atoms with E-state index >= 15 is 0 Å². The van der Waals surface area contributed by atoms with Crippen LogP contribution >= 0.6 is 0 Å². The number of benzene rings is 2. The molecule has 0 aromatic heterocycles.